The van der Waals surface area contributed by atoms with E-state index in [1.165, 1.54) is 17.7 Å². The fourth-order valence-electron chi connectivity index (χ4n) is 2.98. The Bertz CT molecular complexity index is 1010. The number of nitrogens with one attached hydrogen (secondary N) is 2. The zero-order valence-electron chi connectivity index (χ0n) is 18.9. The minimum atomic E-state index is -0.338. The maximum atomic E-state index is 13.2. The standard InChI is InChI=1S/C24H25FN4O.C2H6.H2/c1-18-7-3-2-4-11-22(18)27-17-28-23-12-6-10-21(29-23)13-14-26-24(30)16-19-8-5-9-20(25)15-19;1-2;/h2-10,12,15,17H,11,13-14,16H2,1H3,(H,26,30)(H,27,28,29);1-2H3;1H. The summed E-state index contributed by atoms with van der Waals surface area (Å²) in [5.74, 6) is 0.118. The van der Waals surface area contributed by atoms with Gasteiger partial charge >= 0.3 is 0 Å². The summed E-state index contributed by atoms with van der Waals surface area (Å²) in [6.45, 7) is 6.51. The Morgan fingerprint density at radius 2 is 2.03 bits per heavy atom. The van der Waals surface area contributed by atoms with Crippen LogP contribution in [0.1, 0.15) is 39.9 Å². The summed E-state index contributed by atoms with van der Waals surface area (Å²) in [6, 6.07) is 11.7. The molecule has 1 amide bonds. The molecule has 2 aromatic rings. The van der Waals surface area contributed by atoms with Crippen molar-refractivity contribution in [3.05, 3.63) is 95.1 Å². The van der Waals surface area contributed by atoms with Crippen molar-refractivity contribution in [3.8, 4) is 0 Å². The van der Waals surface area contributed by atoms with Crippen LogP contribution in [0.3, 0.4) is 0 Å². The van der Waals surface area contributed by atoms with Crippen molar-refractivity contribution >= 4 is 18.1 Å². The maximum Gasteiger partial charge on any atom is 0.224 e. The lowest BCUT2D eigenvalue weighted by Crippen LogP contribution is -2.27. The third-order valence-electron chi connectivity index (χ3n) is 4.58. The van der Waals surface area contributed by atoms with Crippen molar-refractivity contribution in [2.45, 2.75) is 40.0 Å². The number of pyridine rings is 1. The van der Waals surface area contributed by atoms with Gasteiger partial charge in [0.05, 0.1) is 12.8 Å². The fourth-order valence-corrected chi connectivity index (χ4v) is 2.98. The van der Waals surface area contributed by atoms with Crippen molar-refractivity contribution in [1.82, 2.24) is 15.6 Å². The van der Waals surface area contributed by atoms with Crippen LogP contribution in [0.15, 0.2) is 83.0 Å². The van der Waals surface area contributed by atoms with E-state index in [1.807, 2.05) is 44.2 Å². The van der Waals surface area contributed by atoms with Crippen LogP contribution in [-0.4, -0.2) is 23.8 Å². The Kier molecular flexibility index (Phi) is 10.6. The van der Waals surface area contributed by atoms with E-state index in [1.54, 1.807) is 18.5 Å². The minimum Gasteiger partial charge on any atom is -0.355 e. The van der Waals surface area contributed by atoms with Crippen LogP contribution in [-0.2, 0) is 17.6 Å². The van der Waals surface area contributed by atoms with Gasteiger partial charge in [-0.25, -0.2) is 14.4 Å². The highest BCUT2D eigenvalue weighted by atomic mass is 19.1. The Labute approximate surface area is 191 Å². The molecule has 32 heavy (non-hydrogen) atoms. The monoisotopic (exact) mass is 436 g/mol. The zero-order valence-corrected chi connectivity index (χ0v) is 18.9. The van der Waals surface area contributed by atoms with Crippen molar-refractivity contribution in [2.75, 3.05) is 6.54 Å². The van der Waals surface area contributed by atoms with Crippen LogP contribution in [0.4, 0.5) is 10.2 Å². The van der Waals surface area contributed by atoms with E-state index in [0.717, 1.165) is 17.8 Å². The second-order valence-electron chi connectivity index (χ2n) is 6.95. The lowest BCUT2D eigenvalue weighted by atomic mass is 10.1. The molecule has 6 heteroatoms. The van der Waals surface area contributed by atoms with Crippen molar-refractivity contribution in [1.29, 1.82) is 0 Å². The Balaban J connectivity index is 0.00000177. The summed E-state index contributed by atoms with van der Waals surface area (Å²) < 4.78 is 13.2. The van der Waals surface area contributed by atoms with E-state index in [-0.39, 0.29) is 19.6 Å². The third-order valence-corrected chi connectivity index (χ3v) is 4.58. The SMILES string of the molecule is CC.CC1=C(N/C=N/c2cccc(CCNC(=O)Cc3cccc(F)c3)n2)CC=CC=C1.[HH]. The number of rotatable bonds is 8. The van der Waals surface area contributed by atoms with Gasteiger partial charge in [-0.2, -0.15) is 0 Å². The molecular weight excluding hydrogens is 403 g/mol. The molecule has 5 nitrogen and oxygen atoms in total. The van der Waals surface area contributed by atoms with Crippen molar-refractivity contribution in [3.63, 3.8) is 0 Å². The van der Waals surface area contributed by atoms with E-state index < -0.39 is 0 Å². The topological polar surface area (TPSA) is 66.4 Å². The zero-order chi connectivity index (χ0) is 23.2. The van der Waals surface area contributed by atoms with E-state index >= 15 is 0 Å². The molecular formula is C26H33FN4O. The van der Waals surface area contributed by atoms with Gasteiger partial charge in [-0.05, 0) is 42.3 Å². The first kappa shape index (κ1) is 24.7. The average molecular weight is 437 g/mol. The summed E-state index contributed by atoms with van der Waals surface area (Å²) in [5.41, 5.74) is 3.76. The Hall–Kier alpha value is -3.54. The molecule has 0 atom stereocenters. The normalized spacial score (nSPS) is 12.9. The van der Waals surface area contributed by atoms with Gasteiger partial charge in [0.1, 0.15) is 5.82 Å². The molecule has 0 bridgehead atoms. The van der Waals surface area contributed by atoms with E-state index in [4.69, 9.17) is 0 Å². The smallest absolute Gasteiger partial charge is 0.224 e. The second kappa shape index (κ2) is 13.7. The molecule has 1 heterocycles. The molecule has 0 spiro atoms. The number of amides is 1. The number of hydrogen-bond donors (Lipinski definition) is 2. The molecule has 1 aliphatic carbocycles. The molecule has 1 aromatic carbocycles. The quantitative estimate of drug-likeness (QED) is 0.428. The number of aromatic nitrogens is 1. The van der Waals surface area contributed by atoms with Crippen LogP contribution in [0.2, 0.25) is 0 Å². The molecule has 0 saturated carbocycles. The highest BCUT2D eigenvalue weighted by Gasteiger charge is 2.05. The maximum absolute atomic E-state index is 13.2. The molecule has 0 saturated heterocycles. The largest absolute Gasteiger partial charge is 0.355 e. The van der Waals surface area contributed by atoms with E-state index in [0.29, 0.717) is 24.3 Å². The van der Waals surface area contributed by atoms with Gasteiger partial charge in [-0.3, -0.25) is 4.79 Å². The molecule has 170 valence electrons. The van der Waals surface area contributed by atoms with Crippen molar-refractivity contribution < 1.29 is 10.6 Å². The first-order valence-electron chi connectivity index (χ1n) is 10.9. The third kappa shape index (κ3) is 8.68. The summed E-state index contributed by atoms with van der Waals surface area (Å²) in [5, 5.41) is 6.07. The van der Waals surface area contributed by atoms with Gasteiger partial charge in [0, 0.05) is 32.2 Å². The molecule has 1 aliphatic rings. The van der Waals surface area contributed by atoms with Gasteiger partial charge in [0.2, 0.25) is 5.91 Å². The Morgan fingerprint density at radius 1 is 1.22 bits per heavy atom. The van der Waals surface area contributed by atoms with Gasteiger partial charge in [0.15, 0.2) is 5.82 Å². The highest BCUT2D eigenvalue weighted by molar-refractivity contribution is 5.78. The molecule has 0 unspecified atom stereocenters. The number of benzene rings is 1. The van der Waals surface area contributed by atoms with Crippen LogP contribution >= 0.6 is 0 Å². The number of carbonyl (C=O) groups excluding carboxylic acids is 1. The van der Waals surface area contributed by atoms with E-state index in [9.17, 15) is 9.18 Å². The van der Waals surface area contributed by atoms with Crippen LogP contribution in [0, 0.1) is 5.82 Å². The highest BCUT2D eigenvalue weighted by Crippen LogP contribution is 2.12. The average Bonchev–Trinajstić information content (AvgIpc) is 2.99. The predicted molar refractivity (Wildman–Crippen MR) is 131 cm³/mol. The lowest BCUT2D eigenvalue weighted by molar-refractivity contribution is -0.120. The Morgan fingerprint density at radius 3 is 2.84 bits per heavy atom. The molecule has 0 radical (unpaired) electrons. The summed E-state index contributed by atoms with van der Waals surface area (Å²) in [7, 11) is 0. The van der Waals surface area contributed by atoms with Crippen LogP contribution in [0.25, 0.3) is 0 Å². The molecule has 3 rings (SSSR count). The summed E-state index contributed by atoms with van der Waals surface area (Å²) in [4.78, 5) is 20.9. The van der Waals surface area contributed by atoms with Crippen LogP contribution < -0.4 is 10.6 Å². The summed E-state index contributed by atoms with van der Waals surface area (Å²) in [6.07, 6.45) is 11.4. The van der Waals surface area contributed by atoms with Crippen LogP contribution in [0.5, 0.6) is 0 Å². The number of allylic oxidation sites excluding steroid dienone is 5. The van der Waals surface area contributed by atoms with Gasteiger partial charge < -0.3 is 10.6 Å². The van der Waals surface area contributed by atoms with Gasteiger partial charge in [-0.1, -0.05) is 56.4 Å². The molecule has 0 fully saturated rings. The number of halogens is 1. The molecule has 0 aliphatic heterocycles. The number of hydrogen-bond acceptors (Lipinski definition) is 3. The minimum absolute atomic E-state index is 0. The lowest BCUT2D eigenvalue weighted by Gasteiger charge is -2.07. The first-order valence-corrected chi connectivity index (χ1v) is 10.9. The van der Waals surface area contributed by atoms with Gasteiger partial charge in [-0.15, -0.1) is 0 Å². The number of nitrogens with zero attached hydrogens (tertiary/aromatic N) is 2. The predicted octanol–water partition coefficient (Wildman–Crippen LogP) is 5.43. The molecule has 1 aromatic heterocycles. The number of aliphatic imine (C=N–C) groups is 1. The van der Waals surface area contributed by atoms with E-state index in [2.05, 4.69) is 39.7 Å². The fraction of sp³-hybridized carbons (Fsp3) is 0.269. The van der Waals surface area contributed by atoms with Crippen molar-refractivity contribution in [2.24, 2.45) is 4.99 Å². The first-order chi connectivity index (χ1) is 15.6. The van der Waals surface area contributed by atoms with Gasteiger partial charge in [0.25, 0.3) is 0 Å². The molecule has 2 N–H and O–H groups in total. The number of carbonyl (C=O) groups is 1. The second-order valence-corrected chi connectivity index (χ2v) is 6.95. The summed E-state index contributed by atoms with van der Waals surface area (Å²) >= 11 is 0.